The maximum absolute atomic E-state index is 7.72. The summed E-state index contributed by atoms with van der Waals surface area (Å²) in [5.41, 5.74) is 7.32. The van der Waals surface area contributed by atoms with Gasteiger partial charge in [-0.25, -0.2) is 4.98 Å². The molecule has 0 saturated heterocycles. The molecule has 0 fully saturated rings. The number of rotatable bonds is 5. The van der Waals surface area contributed by atoms with Crippen LogP contribution in [0.15, 0.2) is 30.3 Å². The van der Waals surface area contributed by atoms with Gasteiger partial charge in [-0.15, -0.1) is 0 Å². The topological polar surface area (TPSA) is 66.0 Å². The van der Waals surface area contributed by atoms with Crippen LogP contribution in [-0.4, -0.2) is 24.4 Å². The van der Waals surface area contributed by atoms with Gasteiger partial charge in [-0.05, 0) is 18.6 Å². The Balaban J connectivity index is 2.49. The van der Waals surface area contributed by atoms with Crippen LogP contribution in [0.4, 0.5) is 5.82 Å². The Hall–Kier alpha value is -2.10. The second kappa shape index (κ2) is 5.69. The molecule has 2 rings (SSSR count). The van der Waals surface area contributed by atoms with E-state index in [9.17, 15) is 0 Å². The van der Waals surface area contributed by atoms with Crippen LogP contribution in [-0.2, 0) is 0 Å². The second-order valence-corrected chi connectivity index (χ2v) is 4.73. The Kier molecular flexibility index (Phi) is 4.00. The van der Waals surface area contributed by atoms with E-state index in [1.807, 2.05) is 37.4 Å². The first kappa shape index (κ1) is 13.3. The van der Waals surface area contributed by atoms with E-state index in [0.29, 0.717) is 0 Å². The van der Waals surface area contributed by atoms with Crippen LogP contribution >= 0.6 is 0 Å². The summed E-state index contributed by atoms with van der Waals surface area (Å²) in [6.07, 6.45) is 2.28. The highest BCUT2D eigenvalue weighted by molar-refractivity contribution is 6.07. The summed E-state index contributed by atoms with van der Waals surface area (Å²) in [6.45, 7) is 3.13. The number of pyridine rings is 1. The summed E-state index contributed by atoms with van der Waals surface area (Å²) < 4.78 is 0. The average molecular weight is 256 g/mol. The molecule has 4 nitrogen and oxygen atoms in total. The zero-order valence-electron chi connectivity index (χ0n) is 11.5. The van der Waals surface area contributed by atoms with Gasteiger partial charge in [0.2, 0.25) is 0 Å². The lowest BCUT2D eigenvalue weighted by molar-refractivity contribution is 0.760. The summed E-state index contributed by atoms with van der Waals surface area (Å²) >= 11 is 0. The Bertz CT molecular complexity index is 592. The van der Waals surface area contributed by atoms with Gasteiger partial charge in [0.1, 0.15) is 11.7 Å². The molecular weight excluding hydrogens is 236 g/mol. The third-order valence-electron chi connectivity index (χ3n) is 3.23. The molecule has 19 heavy (non-hydrogen) atoms. The van der Waals surface area contributed by atoms with Gasteiger partial charge in [-0.1, -0.05) is 31.5 Å². The Morgan fingerprint density at radius 3 is 2.79 bits per heavy atom. The van der Waals surface area contributed by atoms with Crippen molar-refractivity contribution in [3.63, 3.8) is 0 Å². The van der Waals surface area contributed by atoms with Gasteiger partial charge in [0.25, 0.3) is 0 Å². The largest absolute Gasteiger partial charge is 0.384 e. The van der Waals surface area contributed by atoms with Gasteiger partial charge < -0.3 is 10.6 Å². The zero-order valence-corrected chi connectivity index (χ0v) is 11.5. The zero-order chi connectivity index (χ0) is 13.8. The number of aromatic nitrogens is 1. The molecule has 0 aliphatic carbocycles. The number of nitrogen functional groups attached to an aromatic ring is 1. The lowest BCUT2D eigenvalue weighted by Crippen LogP contribution is -2.21. The van der Waals surface area contributed by atoms with Gasteiger partial charge in [-0.2, -0.15) is 0 Å². The van der Waals surface area contributed by atoms with Crippen molar-refractivity contribution >= 4 is 22.6 Å². The number of nitrogens with zero attached hydrogens (tertiary/aromatic N) is 2. The number of unbranched alkanes of at least 4 members (excludes halogenated alkanes) is 1. The van der Waals surface area contributed by atoms with E-state index in [1.54, 1.807) is 0 Å². The molecule has 0 unspecified atom stereocenters. The Labute approximate surface area is 113 Å². The molecule has 2 aromatic rings. The Morgan fingerprint density at radius 2 is 2.11 bits per heavy atom. The molecule has 0 aliphatic rings. The van der Waals surface area contributed by atoms with E-state index in [1.165, 1.54) is 0 Å². The van der Waals surface area contributed by atoms with Gasteiger partial charge >= 0.3 is 0 Å². The molecule has 4 heteroatoms. The summed E-state index contributed by atoms with van der Waals surface area (Å²) in [5, 5.41) is 8.66. The first-order chi connectivity index (χ1) is 9.13. The van der Waals surface area contributed by atoms with Crippen molar-refractivity contribution in [2.24, 2.45) is 5.73 Å². The van der Waals surface area contributed by atoms with Crippen LogP contribution < -0.4 is 10.6 Å². The third kappa shape index (κ3) is 2.84. The smallest absolute Gasteiger partial charge is 0.129 e. The van der Waals surface area contributed by atoms with Gasteiger partial charge in [0.15, 0.2) is 0 Å². The quantitative estimate of drug-likeness (QED) is 0.638. The lowest BCUT2D eigenvalue weighted by atomic mass is 10.1. The van der Waals surface area contributed by atoms with E-state index in [4.69, 9.17) is 11.1 Å². The van der Waals surface area contributed by atoms with E-state index in [-0.39, 0.29) is 5.84 Å². The van der Waals surface area contributed by atoms with E-state index >= 15 is 0 Å². The first-order valence-electron chi connectivity index (χ1n) is 6.58. The highest BCUT2D eigenvalue weighted by Gasteiger charge is 2.10. The standard InChI is InChI=1S/C15H20N4/c1-3-4-9-19(2)14-10-12(15(16)17)11-7-5-6-8-13(11)18-14/h5-8,10H,3-4,9H2,1-2H3,(H3,16,17). The Morgan fingerprint density at radius 1 is 1.37 bits per heavy atom. The maximum atomic E-state index is 7.72. The summed E-state index contributed by atoms with van der Waals surface area (Å²) in [7, 11) is 2.02. The number of para-hydroxylation sites is 1. The molecule has 3 N–H and O–H groups in total. The number of anilines is 1. The molecule has 1 aromatic carbocycles. The van der Waals surface area contributed by atoms with Crippen molar-refractivity contribution in [1.82, 2.24) is 4.98 Å². The molecule has 0 aliphatic heterocycles. The second-order valence-electron chi connectivity index (χ2n) is 4.73. The number of nitrogens with two attached hydrogens (primary N) is 1. The minimum absolute atomic E-state index is 0.0868. The van der Waals surface area contributed by atoms with Gasteiger partial charge in [-0.3, -0.25) is 5.41 Å². The first-order valence-corrected chi connectivity index (χ1v) is 6.58. The van der Waals surface area contributed by atoms with E-state index in [0.717, 1.165) is 41.7 Å². The van der Waals surface area contributed by atoms with Crippen LogP contribution in [0.25, 0.3) is 10.9 Å². The van der Waals surface area contributed by atoms with Crippen molar-refractivity contribution < 1.29 is 0 Å². The summed E-state index contributed by atoms with van der Waals surface area (Å²) in [4.78, 5) is 6.76. The molecule has 0 saturated carbocycles. The molecule has 0 radical (unpaired) electrons. The van der Waals surface area contributed by atoms with Crippen molar-refractivity contribution in [1.29, 1.82) is 5.41 Å². The normalized spacial score (nSPS) is 10.6. The number of amidine groups is 1. The fourth-order valence-electron chi connectivity index (χ4n) is 2.09. The van der Waals surface area contributed by atoms with Crippen molar-refractivity contribution in [2.75, 3.05) is 18.5 Å². The van der Waals surface area contributed by atoms with Crippen LogP contribution in [0.1, 0.15) is 25.3 Å². The summed E-state index contributed by atoms with van der Waals surface area (Å²) in [6, 6.07) is 9.71. The molecule has 100 valence electrons. The lowest BCUT2D eigenvalue weighted by Gasteiger charge is -2.19. The summed E-state index contributed by atoms with van der Waals surface area (Å²) in [5.74, 6) is 0.959. The van der Waals surface area contributed by atoms with Crippen molar-refractivity contribution in [3.05, 3.63) is 35.9 Å². The predicted molar refractivity (Wildman–Crippen MR) is 80.9 cm³/mol. The number of hydrogen-bond donors (Lipinski definition) is 2. The number of hydrogen-bond acceptors (Lipinski definition) is 3. The highest BCUT2D eigenvalue weighted by Crippen LogP contribution is 2.22. The van der Waals surface area contributed by atoms with Crippen LogP contribution in [0, 0.1) is 5.41 Å². The average Bonchev–Trinajstić information content (AvgIpc) is 2.43. The monoisotopic (exact) mass is 256 g/mol. The fourth-order valence-corrected chi connectivity index (χ4v) is 2.09. The molecule has 1 heterocycles. The molecular formula is C15H20N4. The maximum Gasteiger partial charge on any atom is 0.129 e. The van der Waals surface area contributed by atoms with Crippen LogP contribution in [0.3, 0.4) is 0 Å². The van der Waals surface area contributed by atoms with E-state index in [2.05, 4.69) is 16.8 Å². The highest BCUT2D eigenvalue weighted by atomic mass is 15.2. The van der Waals surface area contributed by atoms with E-state index < -0.39 is 0 Å². The van der Waals surface area contributed by atoms with Gasteiger partial charge in [0, 0.05) is 24.5 Å². The molecule has 0 atom stereocenters. The molecule has 0 spiro atoms. The van der Waals surface area contributed by atoms with Crippen molar-refractivity contribution in [2.45, 2.75) is 19.8 Å². The number of benzene rings is 1. The minimum atomic E-state index is 0.0868. The fraction of sp³-hybridized carbons (Fsp3) is 0.333. The van der Waals surface area contributed by atoms with Crippen LogP contribution in [0.2, 0.25) is 0 Å². The SMILES string of the molecule is CCCCN(C)c1cc(C(=N)N)c2ccccc2n1. The number of nitrogens with one attached hydrogen (secondary N) is 1. The molecule has 0 bridgehead atoms. The number of fused-ring (bicyclic) bond motifs is 1. The molecule has 1 aromatic heterocycles. The minimum Gasteiger partial charge on any atom is -0.384 e. The predicted octanol–water partition coefficient (Wildman–Crippen LogP) is 2.76. The molecule has 0 amide bonds. The van der Waals surface area contributed by atoms with Crippen LogP contribution in [0.5, 0.6) is 0 Å². The van der Waals surface area contributed by atoms with Gasteiger partial charge in [0.05, 0.1) is 5.52 Å². The third-order valence-corrected chi connectivity index (χ3v) is 3.23. The van der Waals surface area contributed by atoms with Crippen molar-refractivity contribution in [3.8, 4) is 0 Å².